The highest BCUT2D eigenvalue weighted by molar-refractivity contribution is 6.39. The second kappa shape index (κ2) is 9.24. The van der Waals surface area contributed by atoms with Gasteiger partial charge in [0.1, 0.15) is 11.6 Å². The Morgan fingerprint density at radius 3 is 2.58 bits per heavy atom. The van der Waals surface area contributed by atoms with Crippen molar-refractivity contribution in [1.82, 2.24) is 10.3 Å². The van der Waals surface area contributed by atoms with Gasteiger partial charge in [0, 0.05) is 25.0 Å². The third-order valence-electron chi connectivity index (χ3n) is 3.15. The molecule has 0 spiro atoms. The Balaban J connectivity index is 1.60. The predicted octanol–water partition coefficient (Wildman–Crippen LogP) is 2.17. The van der Waals surface area contributed by atoms with Crippen LogP contribution in [0.3, 0.4) is 0 Å². The van der Waals surface area contributed by atoms with Crippen molar-refractivity contribution in [3.05, 3.63) is 54.5 Å². The lowest BCUT2D eigenvalue weighted by molar-refractivity contribution is -0.136. The lowest BCUT2D eigenvalue weighted by Gasteiger charge is -2.07. The average molecular weight is 330 g/mol. The Kier molecular flexibility index (Phi) is 6.70. The Labute approximate surface area is 139 Å². The number of anilines is 2. The molecule has 0 aliphatic carbocycles. The zero-order valence-electron chi connectivity index (χ0n) is 13.1. The van der Waals surface area contributed by atoms with Crippen molar-refractivity contribution in [2.75, 3.05) is 23.7 Å². The van der Waals surface area contributed by atoms with Crippen LogP contribution in [0.5, 0.6) is 0 Å². The number of benzene rings is 1. The van der Waals surface area contributed by atoms with Crippen molar-refractivity contribution in [2.24, 2.45) is 0 Å². The first-order valence-electron chi connectivity index (χ1n) is 7.65. The van der Waals surface area contributed by atoms with Gasteiger partial charge in [-0.25, -0.2) is 9.37 Å². The number of halogens is 1. The van der Waals surface area contributed by atoms with Crippen LogP contribution in [-0.2, 0) is 9.59 Å². The molecule has 2 amide bonds. The molecule has 2 rings (SSSR count). The third kappa shape index (κ3) is 6.04. The van der Waals surface area contributed by atoms with E-state index in [9.17, 15) is 14.0 Å². The van der Waals surface area contributed by atoms with Gasteiger partial charge in [-0.3, -0.25) is 9.59 Å². The molecule has 1 aromatic heterocycles. The number of hydrogen-bond donors (Lipinski definition) is 3. The number of aromatic nitrogens is 1. The van der Waals surface area contributed by atoms with E-state index in [2.05, 4.69) is 20.9 Å². The van der Waals surface area contributed by atoms with Gasteiger partial charge < -0.3 is 16.0 Å². The van der Waals surface area contributed by atoms with E-state index in [0.29, 0.717) is 6.54 Å². The molecule has 3 N–H and O–H groups in total. The Hall–Kier alpha value is -2.96. The summed E-state index contributed by atoms with van der Waals surface area (Å²) in [5.41, 5.74) is 0.245. The van der Waals surface area contributed by atoms with Crippen molar-refractivity contribution >= 4 is 23.3 Å². The molecule has 24 heavy (non-hydrogen) atoms. The van der Waals surface area contributed by atoms with E-state index in [1.165, 1.54) is 18.2 Å². The van der Waals surface area contributed by atoms with Crippen LogP contribution in [-0.4, -0.2) is 29.9 Å². The lowest BCUT2D eigenvalue weighted by Crippen LogP contribution is -2.36. The second-order valence-electron chi connectivity index (χ2n) is 5.07. The third-order valence-corrected chi connectivity index (χ3v) is 3.15. The summed E-state index contributed by atoms with van der Waals surface area (Å²) in [4.78, 5) is 27.4. The van der Waals surface area contributed by atoms with E-state index >= 15 is 0 Å². The van der Waals surface area contributed by atoms with Gasteiger partial charge in [0.15, 0.2) is 0 Å². The Morgan fingerprint density at radius 1 is 1.00 bits per heavy atom. The highest BCUT2D eigenvalue weighted by Crippen LogP contribution is 2.08. The lowest BCUT2D eigenvalue weighted by atomic mass is 10.3. The summed E-state index contributed by atoms with van der Waals surface area (Å²) in [6, 6.07) is 11.0. The fraction of sp³-hybridized carbons (Fsp3) is 0.235. The maximum Gasteiger partial charge on any atom is 0.313 e. The molecular formula is C17H19FN4O2. The number of carbonyl (C=O) groups excluding carboxylic acids is 2. The fourth-order valence-electron chi connectivity index (χ4n) is 1.97. The molecule has 0 aliphatic rings. The van der Waals surface area contributed by atoms with Crippen LogP contribution in [0.4, 0.5) is 15.9 Å². The van der Waals surface area contributed by atoms with Crippen LogP contribution in [0, 0.1) is 5.82 Å². The first-order chi connectivity index (χ1) is 11.6. The molecule has 1 heterocycles. The molecule has 6 nitrogen and oxygen atoms in total. The van der Waals surface area contributed by atoms with Crippen molar-refractivity contribution in [2.45, 2.75) is 12.8 Å². The number of amides is 2. The average Bonchev–Trinajstić information content (AvgIpc) is 2.58. The number of unbranched alkanes of at least 4 members (excludes halogenated alkanes) is 1. The van der Waals surface area contributed by atoms with Gasteiger partial charge in [-0.15, -0.1) is 0 Å². The van der Waals surface area contributed by atoms with Crippen molar-refractivity contribution < 1.29 is 14.0 Å². The topological polar surface area (TPSA) is 83.1 Å². The molecule has 0 unspecified atom stereocenters. The Bertz CT molecular complexity index is 679. The normalized spacial score (nSPS) is 10.0. The zero-order valence-corrected chi connectivity index (χ0v) is 13.1. The van der Waals surface area contributed by atoms with E-state index in [-0.39, 0.29) is 5.69 Å². The number of nitrogens with one attached hydrogen (secondary N) is 3. The number of nitrogens with zero attached hydrogens (tertiary/aromatic N) is 1. The monoisotopic (exact) mass is 330 g/mol. The maximum absolute atomic E-state index is 13.0. The summed E-state index contributed by atoms with van der Waals surface area (Å²) in [6.07, 6.45) is 3.25. The summed E-state index contributed by atoms with van der Waals surface area (Å²) in [5, 5.41) is 8.03. The van der Waals surface area contributed by atoms with Crippen molar-refractivity contribution in [3.8, 4) is 0 Å². The SMILES string of the molecule is O=C(NCCCCNc1ccccn1)C(=O)Nc1cccc(F)c1. The second-order valence-corrected chi connectivity index (χ2v) is 5.07. The van der Waals surface area contributed by atoms with Gasteiger partial charge in [-0.05, 0) is 43.2 Å². The quantitative estimate of drug-likeness (QED) is 0.537. The number of carbonyl (C=O) groups is 2. The minimum absolute atomic E-state index is 0.245. The molecule has 0 bridgehead atoms. The van der Waals surface area contributed by atoms with Crippen molar-refractivity contribution in [1.29, 1.82) is 0 Å². The van der Waals surface area contributed by atoms with E-state index in [4.69, 9.17) is 0 Å². The molecule has 0 saturated carbocycles. The molecule has 126 valence electrons. The van der Waals surface area contributed by atoms with Gasteiger partial charge in [0.05, 0.1) is 0 Å². The summed E-state index contributed by atoms with van der Waals surface area (Å²) in [6.45, 7) is 1.11. The number of hydrogen-bond acceptors (Lipinski definition) is 4. The number of rotatable bonds is 7. The van der Waals surface area contributed by atoms with E-state index in [1.807, 2.05) is 18.2 Å². The molecule has 0 aliphatic heterocycles. The maximum atomic E-state index is 13.0. The van der Waals surface area contributed by atoms with E-state index in [0.717, 1.165) is 31.3 Å². The molecule has 0 radical (unpaired) electrons. The van der Waals surface area contributed by atoms with E-state index < -0.39 is 17.6 Å². The van der Waals surface area contributed by atoms with Gasteiger partial charge in [0.25, 0.3) is 0 Å². The summed E-state index contributed by atoms with van der Waals surface area (Å²) in [7, 11) is 0. The molecule has 0 saturated heterocycles. The van der Waals surface area contributed by atoms with Gasteiger partial charge in [-0.2, -0.15) is 0 Å². The first kappa shape index (κ1) is 17.4. The van der Waals surface area contributed by atoms with Gasteiger partial charge >= 0.3 is 11.8 Å². The minimum Gasteiger partial charge on any atom is -0.370 e. The predicted molar refractivity (Wildman–Crippen MR) is 90.0 cm³/mol. The molecule has 2 aromatic rings. The van der Waals surface area contributed by atoms with Crippen LogP contribution in [0.2, 0.25) is 0 Å². The van der Waals surface area contributed by atoms with Crippen LogP contribution in [0.1, 0.15) is 12.8 Å². The Morgan fingerprint density at radius 2 is 1.83 bits per heavy atom. The van der Waals surface area contributed by atoms with Gasteiger partial charge in [-0.1, -0.05) is 12.1 Å². The van der Waals surface area contributed by atoms with Crippen LogP contribution in [0.25, 0.3) is 0 Å². The van der Waals surface area contributed by atoms with E-state index in [1.54, 1.807) is 6.20 Å². The minimum atomic E-state index is -0.813. The smallest absolute Gasteiger partial charge is 0.313 e. The highest BCUT2D eigenvalue weighted by atomic mass is 19.1. The number of pyridine rings is 1. The largest absolute Gasteiger partial charge is 0.370 e. The zero-order chi connectivity index (χ0) is 17.2. The molecule has 0 fully saturated rings. The highest BCUT2D eigenvalue weighted by Gasteiger charge is 2.12. The summed E-state index contributed by atoms with van der Waals surface area (Å²) < 4.78 is 13.0. The van der Waals surface area contributed by atoms with Crippen LogP contribution < -0.4 is 16.0 Å². The first-order valence-corrected chi connectivity index (χ1v) is 7.65. The molecule has 0 atom stereocenters. The standard InChI is InChI=1S/C17H19FN4O2/c18-13-6-5-7-14(12-13)22-17(24)16(23)21-11-4-3-10-20-15-8-1-2-9-19-15/h1-2,5-9,12H,3-4,10-11H2,(H,19,20)(H,21,23)(H,22,24). The molecule has 1 aromatic carbocycles. The summed E-state index contributed by atoms with van der Waals surface area (Å²) in [5.74, 6) is -1.23. The fourth-order valence-corrected chi connectivity index (χ4v) is 1.97. The molecule has 7 heteroatoms. The summed E-state index contributed by atoms with van der Waals surface area (Å²) >= 11 is 0. The van der Waals surface area contributed by atoms with Crippen LogP contribution in [0.15, 0.2) is 48.7 Å². The van der Waals surface area contributed by atoms with Gasteiger partial charge in [0.2, 0.25) is 0 Å². The van der Waals surface area contributed by atoms with Crippen molar-refractivity contribution in [3.63, 3.8) is 0 Å². The molecular weight excluding hydrogens is 311 g/mol. The van der Waals surface area contributed by atoms with Crippen LogP contribution >= 0.6 is 0 Å².